The predicted molar refractivity (Wildman–Crippen MR) is 91.9 cm³/mol. The lowest BCUT2D eigenvalue weighted by molar-refractivity contribution is 0.552. The van der Waals surface area contributed by atoms with Crippen LogP contribution in [-0.2, 0) is 6.42 Å². The second-order valence-corrected chi connectivity index (χ2v) is 5.77. The Kier molecular flexibility index (Phi) is 5.56. The van der Waals surface area contributed by atoms with Crippen LogP contribution in [0.1, 0.15) is 23.6 Å². The van der Waals surface area contributed by atoms with Crippen molar-refractivity contribution < 1.29 is 4.39 Å². The number of halogens is 2. The number of hydrogen-bond donors (Lipinski definition) is 0. The second-order valence-electron chi connectivity index (χ2n) is 5.33. The molecular weight excluding hydrogens is 299 g/mol. The lowest BCUT2D eigenvalue weighted by atomic mass is 9.99. The van der Waals surface area contributed by atoms with Crippen LogP contribution in [0.25, 0.3) is 0 Å². The number of benzene rings is 2. The molecule has 0 aliphatic heterocycles. The second kappa shape index (κ2) is 7.41. The fourth-order valence-corrected chi connectivity index (χ4v) is 2.38. The molecular formula is C18H20ClFN2. The van der Waals surface area contributed by atoms with Gasteiger partial charge in [-0.1, -0.05) is 23.7 Å². The maximum atomic E-state index is 13.3. The van der Waals surface area contributed by atoms with Crippen LogP contribution in [0, 0.1) is 12.7 Å². The molecule has 0 saturated heterocycles. The summed E-state index contributed by atoms with van der Waals surface area (Å²) in [5.74, 6) is -0.222. The van der Waals surface area contributed by atoms with Gasteiger partial charge in [0, 0.05) is 18.6 Å². The van der Waals surface area contributed by atoms with Gasteiger partial charge in [-0.25, -0.2) is 9.38 Å². The highest BCUT2D eigenvalue weighted by Crippen LogP contribution is 2.28. The third-order valence-electron chi connectivity index (χ3n) is 3.63. The Balaban J connectivity index is 2.32. The molecule has 4 heteroatoms. The van der Waals surface area contributed by atoms with E-state index in [0.717, 1.165) is 28.9 Å². The van der Waals surface area contributed by atoms with E-state index in [1.807, 2.05) is 37.1 Å². The third-order valence-corrected chi connectivity index (χ3v) is 3.85. The molecule has 0 aromatic heterocycles. The molecule has 0 spiro atoms. The molecule has 0 aliphatic carbocycles. The van der Waals surface area contributed by atoms with Gasteiger partial charge in [0.15, 0.2) is 0 Å². The number of rotatable bonds is 5. The van der Waals surface area contributed by atoms with Crippen molar-refractivity contribution in [3.8, 4) is 0 Å². The van der Waals surface area contributed by atoms with Gasteiger partial charge in [0.25, 0.3) is 0 Å². The fraction of sp³-hybridized carbons (Fsp3) is 0.278. The highest BCUT2D eigenvalue weighted by atomic mass is 35.5. The van der Waals surface area contributed by atoms with Crippen LogP contribution in [0.4, 0.5) is 10.1 Å². The van der Waals surface area contributed by atoms with Gasteiger partial charge in [0.05, 0.1) is 12.0 Å². The van der Waals surface area contributed by atoms with E-state index in [9.17, 15) is 4.39 Å². The Morgan fingerprint density at radius 3 is 2.73 bits per heavy atom. The summed E-state index contributed by atoms with van der Waals surface area (Å²) in [5.41, 5.74) is 3.89. The minimum Gasteiger partial charge on any atom is -0.366 e. The average Bonchev–Trinajstić information content (AvgIpc) is 2.48. The van der Waals surface area contributed by atoms with Crippen molar-refractivity contribution in [1.82, 2.24) is 4.90 Å². The third kappa shape index (κ3) is 4.31. The molecule has 2 aromatic carbocycles. The van der Waals surface area contributed by atoms with Gasteiger partial charge in [0.1, 0.15) is 5.82 Å². The SMILES string of the molecule is CCN(C)C=Nc1cc(Cl)cc(Cc2cccc(F)c2)c1C. The average molecular weight is 319 g/mol. The topological polar surface area (TPSA) is 15.6 Å². The van der Waals surface area contributed by atoms with E-state index in [1.165, 1.54) is 6.07 Å². The first-order valence-corrected chi connectivity index (χ1v) is 7.65. The maximum absolute atomic E-state index is 13.3. The van der Waals surface area contributed by atoms with E-state index in [4.69, 9.17) is 11.6 Å². The van der Waals surface area contributed by atoms with E-state index in [2.05, 4.69) is 11.9 Å². The summed E-state index contributed by atoms with van der Waals surface area (Å²) in [5, 5.41) is 0.642. The zero-order chi connectivity index (χ0) is 16.1. The molecule has 116 valence electrons. The molecule has 0 radical (unpaired) electrons. The first-order chi connectivity index (χ1) is 10.5. The van der Waals surface area contributed by atoms with Gasteiger partial charge < -0.3 is 4.90 Å². The molecule has 0 heterocycles. The molecule has 0 amide bonds. The quantitative estimate of drug-likeness (QED) is 0.560. The van der Waals surface area contributed by atoms with Crippen molar-refractivity contribution in [1.29, 1.82) is 0 Å². The highest BCUT2D eigenvalue weighted by Gasteiger charge is 2.07. The normalized spacial score (nSPS) is 11.1. The van der Waals surface area contributed by atoms with Gasteiger partial charge in [-0.15, -0.1) is 0 Å². The first kappa shape index (κ1) is 16.5. The van der Waals surface area contributed by atoms with E-state index in [1.54, 1.807) is 18.5 Å². The van der Waals surface area contributed by atoms with Gasteiger partial charge in [0.2, 0.25) is 0 Å². The van der Waals surface area contributed by atoms with Crippen molar-refractivity contribution in [3.63, 3.8) is 0 Å². The molecule has 0 N–H and O–H groups in total. The monoisotopic (exact) mass is 318 g/mol. The maximum Gasteiger partial charge on any atom is 0.123 e. The largest absolute Gasteiger partial charge is 0.366 e. The molecule has 0 fully saturated rings. The molecule has 0 aliphatic rings. The molecule has 0 unspecified atom stereocenters. The smallest absolute Gasteiger partial charge is 0.123 e. The molecule has 0 saturated carbocycles. The van der Waals surface area contributed by atoms with Crippen molar-refractivity contribution in [2.24, 2.45) is 4.99 Å². The zero-order valence-corrected chi connectivity index (χ0v) is 13.9. The standard InChI is InChI=1S/C18H20ClFN2/c1-4-22(3)12-21-18-11-16(19)10-15(13(18)2)8-14-6-5-7-17(20)9-14/h5-7,9-12H,4,8H2,1-3H3. The number of nitrogens with zero attached hydrogens (tertiary/aromatic N) is 2. The van der Waals surface area contributed by atoms with Crippen LogP contribution in [-0.4, -0.2) is 24.8 Å². The minimum atomic E-state index is -0.222. The molecule has 2 nitrogen and oxygen atoms in total. The fourth-order valence-electron chi connectivity index (χ4n) is 2.15. The molecule has 2 rings (SSSR count). The Morgan fingerprint density at radius 2 is 2.05 bits per heavy atom. The van der Waals surface area contributed by atoms with E-state index in [0.29, 0.717) is 11.4 Å². The first-order valence-electron chi connectivity index (χ1n) is 7.27. The lowest BCUT2D eigenvalue weighted by Crippen LogP contribution is -2.14. The van der Waals surface area contributed by atoms with E-state index >= 15 is 0 Å². The summed E-state index contributed by atoms with van der Waals surface area (Å²) in [6.07, 6.45) is 2.43. The Labute approximate surface area is 136 Å². The summed E-state index contributed by atoms with van der Waals surface area (Å²) < 4.78 is 13.3. The molecule has 0 atom stereocenters. The van der Waals surface area contributed by atoms with Gasteiger partial charge in [-0.2, -0.15) is 0 Å². The predicted octanol–water partition coefficient (Wildman–Crippen LogP) is 4.99. The number of aliphatic imine (C=N–C) groups is 1. The molecule has 22 heavy (non-hydrogen) atoms. The Bertz CT molecular complexity index is 683. The van der Waals surface area contributed by atoms with Crippen LogP contribution in [0.2, 0.25) is 5.02 Å². The van der Waals surface area contributed by atoms with Crippen LogP contribution in [0.3, 0.4) is 0 Å². The number of hydrogen-bond acceptors (Lipinski definition) is 1. The van der Waals surface area contributed by atoms with Crippen molar-refractivity contribution >= 4 is 23.6 Å². The lowest BCUT2D eigenvalue weighted by Gasteiger charge is -2.12. The van der Waals surface area contributed by atoms with Gasteiger partial charge in [-0.3, -0.25) is 0 Å². The summed E-state index contributed by atoms with van der Waals surface area (Å²) >= 11 is 6.21. The van der Waals surface area contributed by atoms with Crippen LogP contribution in [0.5, 0.6) is 0 Å². The van der Waals surface area contributed by atoms with E-state index in [-0.39, 0.29) is 5.82 Å². The van der Waals surface area contributed by atoms with Crippen molar-refractivity contribution in [2.45, 2.75) is 20.3 Å². The van der Waals surface area contributed by atoms with Crippen LogP contribution >= 0.6 is 11.6 Å². The van der Waals surface area contributed by atoms with E-state index < -0.39 is 0 Å². The Morgan fingerprint density at radius 1 is 1.27 bits per heavy atom. The molecule has 2 aromatic rings. The van der Waals surface area contributed by atoms with Gasteiger partial charge in [-0.05, 0) is 61.2 Å². The van der Waals surface area contributed by atoms with Gasteiger partial charge >= 0.3 is 0 Å². The highest BCUT2D eigenvalue weighted by molar-refractivity contribution is 6.31. The molecule has 0 bridgehead atoms. The zero-order valence-electron chi connectivity index (χ0n) is 13.1. The van der Waals surface area contributed by atoms with Crippen LogP contribution < -0.4 is 0 Å². The summed E-state index contributed by atoms with van der Waals surface area (Å²) in [6, 6.07) is 10.4. The summed E-state index contributed by atoms with van der Waals surface area (Å²) in [6.45, 7) is 4.97. The Hall–Kier alpha value is -1.87. The summed E-state index contributed by atoms with van der Waals surface area (Å²) in [4.78, 5) is 6.49. The van der Waals surface area contributed by atoms with Crippen LogP contribution in [0.15, 0.2) is 41.4 Å². The van der Waals surface area contributed by atoms with Crippen molar-refractivity contribution in [2.75, 3.05) is 13.6 Å². The minimum absolute atomic E-state index is 0.222. The van der Waals surface area contributed by atoms with Crippen molar-refractivity contribution in [3.05, 3.63) is 63.9 Å². The summed E-state index contributed by atoms with van der Waals surface area (Å²) in [7, 11) is 1.97.